The van der Waals surface area contributed by atoms with E-state index in [1.165, 1.54) is 13.4 Å². The van der Waals surface area contributed by atoms with Crippen LogP contribution in [0, 0.1) is 0 Å². The van der Waals surface area contributed by atoms with E-state index in [2.05, 4.69) is 20.7 Å². The van der Waals surface area contributed by atoms with Gasteiger partial charge in [0.1, 0.15) is 5.75 Å². The first-order valence-electron chi connectivity index (χ1n) is 11.1. The summed E-state index contributed by atoms with van der Waals surface area (Å²) in [7, 11) is -1.83. The molecule has 0 amide bonds. The van der Waals surface area contributed by atoms with Gasteiger partial charge in [0.25, 0.3) is 0 Å². The monoisotopic (exact) mass is 478 g/mol. The number of ether oxygens (including phenoxy) is 1. The highest BCUT2D eigenvalue weighted by Gasteiger charge is 2.17. The second-order valence-electron chi connectivity index (χ2n) is 8.39. The zero-order valence-corrected chi connectivity index (χ0v) is 19.8. The average Bonchev–Trinajstić information content (AvgIpc) is 3.32. The summed E-state index contributed by atoms with van der Waals surface area (Å²) in [6, 6.07) is 11.1. The topological polar surface area (TPSA) is 111 Å². The lowest BCUT2D eigenvalue weighted by Crippen LogP contribution is -2.29. The molecule has 0 unspecified atom stereocenters. The van der Waals surface area contributed by atoms with Crippen LogP contribution in [0.4, 0.5) is 11.6 Å². The third-order valence-electron chi connectivity index (χ3n) is 6.04. The van der Waals surface area contributed by atoms with E-state index in [4.69, 9.17) is 9.72 Å². The smallest absolute Gasteiger partial charge is 0.227 e. The first-order valence-corrected chi connectivity index (χ1v) is 13.0. The molecule has 4 aromatic rings. The van der Waals surface area contributed by atoms with E-state index >= 15 is 0 Å². The van der Waals surface area contributed by atoms with Crippen LogP contribution in [-0.2, 0) is 9.84 Å². The molecule has 0 aliphatic carbocycles. The molecule has 1 fully saturated rings. The maximum atomic E-state index is 12.0. The number of rotatable bonds is 6. The van der Waals surface area contributed by atoms with Gasteiger partial charge in [0.05, 0.1) is 35.4 Å². The van der Waals surface area contributed by atoms with Gasteiger partial charge in [0, 0.05) is 35.2 Å². The van der Waals surface area contributed by atoms with Gasteiger partial charge in [0.15, 0.2) is 9.84 Å². The number of nitrogens with one attached hydrogen (secondary N) is 2. The molecule has 0 radical (unpaired) electrons. The number of nitrogens with zero attached hydrogens (tertiary/aromatic N) is 4. The van der Waals surface area contributed by atoms with Crippen molar-refractivity contribution < 1.29 is 13.2 Å². The molecule has 5 rings (SSSR count). The van der Waals surface area contributed by atoms with Gasteiger partial charge in [-0.15, -0.1) is 0 Å². The van der Waals surface area contributed by atoms with Crippen LogP contribution in [0.1, 0.15) is 18.9 Å². The maximum absolute atomic E-state index is 12.0. The first-order chi connectivity index (χ1) is 16.4. The summed E-state index contributed by atoms with van der Waals surface area (Å²) in [6.45, 7) is 2.00. The van der Waals surface area contributed by atoms with E-state index in [1.807, 2.05) is 29.1 Å². The van der Waals surface area contributed by atoms with Crippen LogP contribution < -0.4 is 15.4 Å². The third kappa shape index (κ3) is 4.46. The van der Waals surface area contributed by atoms with E-state index in [9.17, 15) is 8.42 Å². The Morgan fingerprint density at radius 1 is 1.12 bits per heavy atom. The zero-order valence-electron chi connectivity index (χ0n) is 19.0. The molecule has 2 aromatic heterocycles. The van der Waals surface area contributed by atoms with Crippen molar-refractivity contribution in [2.45, 2.75) is 23.8 Å². The van der Waals surface area contributed by atoms with Crippen LogP contribution in [0.5, 0.6) is 5.75 Å². The van der Waals surface area contributed by atoms with Crippen molar-refractivity contribution >= 4 is 32.4 Å². The third-order valence-corrected chi connectivity index (χ3v) is 7.15. The van der Waals surface area contributed by atoms with Gasteiger partial charge in [-0.1, -0.05) is 18.2 Å². The molecule has 0 saturated carbocycles. The van der Waals surface area contributed by atoms with Crippen molar-refractivity contribution in [3.05, 3.63) is 55.0 Å². The van der Waals surface area contributed by atoms with Crippen molar-refractivity contribution in [3.63, 3.8) is 0 Å². The number of hydrogen-bond donors (Lipinski definition) is 2. The van der Waals surface area contributed by atoms with Crippen molar-refractivity contribution in [1.29, 1.82) is 0 Å². The number of methoxy groups -OCH3 is 1. The molecule has 9 nitrogen and oxygen atoms in total. The Morgan fingerprint density at radius 2 is 1.94 bits per heavy atom. The Morgan fingerprint density at radius 3 is 2.71 bits per heavy atom. The summed E-state index contributed by atoms with van der Waals surface area (Å²) in [6.07, 6.45) is 8.82. The van der Waals surface area contributed by atoms with E-state index < -0.39 is 9.84 Å². The molecule has 0 atom stereocenters. The van der Waals surface area contributed by atoms with E-state index in [0.717, 1.165) is 53.6 Å². The van der Waals surface area contributed by atoms with Gasteiger partial charge in [-0.2, -0.15) is 5.10 Å². The van der Waals surface area contributed by atoms with Crippen LogP contribution in [0.25, 0.3) is 22.0 Å². The van der Waals surface area contributed by atoms with Crippen LogP contribution in [0.15, 0.2) is 59.9 Å². The maximum Gasteiger partial charge on any atom is 0.227 e. The van der Waals surface area contributed by atoms with E-state index in [1.54, 1.807) is 30.6 Å². The number of sulfone groups is 1. The van der Waals surface area contributed by atoms with E-state index in [0.29, 0.717) is 17.7 Å². The van der Waals surface area contributed by atoms with E-state index in [-0.39, 0.29) is 4.90 Å². The summed E-state index contributed by atoms with van der Waals surface area (Å²) in [4.78, 5) is 9.44. The van der Waals surface area contributed by atoms with Crippen LogP contribution in [0.2, 0.25) is 0 Å². The first kappa shape index (κ1) is 22.3. The molecule has 2 aromatic carbocycles. The normalized spacial score (nSPS) is 14.9. The molecular formula is C24H26N6O3S. The Balaban J connectivity index is 1.49. The number of fused-ring (bicyclic) bond motifs is 1. The van der Waals surface area contributed by atoms with Gasteiger partial charge in [-0.3, -0.25) is 4.68 Å². The zero-order chi connectivity index (χ0) is 23.7. The highest BCUT2D eigenvalue weighted by Crippen LogP contribution is 2.36. The molecule has 1 saturated heterocycles. The minimum atomic E-state index is -3.35. The lowest BCUT2D eigenvalue weighted by atomic mass is 10.0. The van der Waals surface area contributed by atoms with Gasteiger partial charge >= 0.3 is 0 Å². The minimum Gasteiger partial charge on any atom is -0.496 e. The standard InChI is InChI=1S/C24H26N6O3S/c1-33-22-12-19(34(2,31)32)6-7-20(22)21-5-3-4-16-13-26-24(29-23(16)21)28-17-14-27-30(15-17)18-8-10-25-11-9-18/h3-7,12-15,18,25H,8-11H2,1-2H3,(H,26,28,29). The predicted octanol–water partition coefficient (Wildman–Crippen LogP) is 3.57. The van der Waals surface area contributed by atoms with Crippen molar-refractivity contribution in [3.8, 4) is 16.9 Å². The number of anilines is 2. The lowest BCUT2D eigenvalue weighted by Gasteiger charge is -2.22. The number of benzene rings is 2. The number of para-hydroxylation sites is 1. The fraction of sp³-hybridized carbons (Fsp3) is 0.292. The number of piperidine rings is 1. The fourth-order valence-corrected chi connectivity index (χ4v) is 4.90. The van der Waals surface area contributed by atoms with Gasteiger partial charge in [-0.05, 0) is 44.1 Å². The van der Waals surface area contributed by atoms with Crippen LogP contribution >= 0.6 is 0 Å². The number of aromatic nitrogens is 4. The summed E-state index contributed by atoms with van der Waals surface area (Å²) in [5, 5.41) is 12.0. The molecule has 0 bridgehead atoms. The van der Waals surface area contributed by atoms with Crippen molar-refractivity contribution in [2.24, 2.45) is 0 Å². The Hall–Kier alpha value is -3.50. The van der Waals surface area contributed by atoms with Crippen LogP contribution in [0.3, 0.4) is 0 Å². The predicted molar refractivity (Wildman–Crippen MR) is 131 cm³/mol. The van der Waals surface area contributed by atoms with Crippen molar-refractivity contribution in [1.82, 2.24) is 25.1 Å². The Kier molecular flexibility index (Phi) is 5.93. The fourth-order valence-electron chi connectivity index (χ4n) is 4.26. The molecule has 176 valence electrons. The van der Waals surface area contributed by atoms with Crippen molar-refractivity contribution in [2.75, 3.05) is 31.8 Å². The highest BCUT2D eigenvalue weighted by molar-refractivity contribution is 7.90. The molecular weight excluding hydrogens is 452 g/mol. The van der Waals surface area contributed by atoms with Crippen LogP contribution in [-0.4, -0.2) is 54.6 Å². The second-order valence-corrected chi connectivity index (χ2v) is 10.4. The Bertz CT molecular complexity index is 1440. The number of hydrogen-bond acceptors (Lipinski definition) is 8. The molecule has 1 aliphatic heterocycles. The molecule has 3 heterocycles. The molecule has 1 aliphatic rings. The van der Waals surface area contributed by atoms with Gasteiger partial charge < -0.3 is 15.4 Å². The summed E-state index contributed by atoms with van der Waals surface area (Å²) < 4.78 is 31.5. The molecule has 34 heavy (non-hydrogen) atoms. The molecule has 10 heteroatoms. The average molecular weight is 479 g/mol. The SMILES string of the molecule is COc1cc(S(C)(=O)=O)ccc1-c1cccc2cnc(Nc3cnn(C4CCNCC4)c3)nc12. The quantitative estimate of drug-likeness (QED) is 0.433. The van der Waals surface area contributed by atoms with Gasteiger partial charge in [-0.25, -0.2) is 18.4 Å². The highest BCUT2D eigenvalue weighted by atomic mass is 32.2. The Labute approximate surface area is 198 Å². The summed E-state index contributed by atoms with van der Waals surface area (Å²) in [5.74, 6) is 0.920. The van der Waals surface area contributed by atoms with Gasteiger partial charge in [0.2, 0.25) is 5.95 Å². The minimum absolute atomic E-state index is 0.205. The largest absolute Gasteiger partial charge is 0.496 e. The lowest BCUT2D eigenvalue weighted by molar-refractivity contribution is 0.343. The summed E-state index contributed by atoms with van der Waals surface area (Å²) >= 11 is 0. The molecule has 0 spiro atoms. The summed E-state index contributed by atoms with van der Waals surface area (Å²) in [5.41, 5.74) is 3.13. The second kappa shape index (κ2) is 9.03. The molecule has 2 N–H and O–H groups in total.